The molecule has 1 rings (SSSR count). The Kier molecular flexibility index (Phi) is 6.43. The van der Waals surface area contributed by atoms with Crippen LogP contribution in [0.3, 0.4) is 0 Å². The fraction of sp³-hybridized carbons (Fsp3) is 0.733. The fourth-order valence-corrected chi connectivity index (χ4v) is 3.86. The van der Waals surface area contributed by atoms with E-state index in [-0.39, 0.29) is 0 Å². The van der Waals surface area contributed by atoms with Gasteiger partial charge >= 0.3 is 0 Å². The van der Waals surface area contributed by atoms with Crippen LogP contribution in [0.4, 0.5) is 0 Å². The number of hydrogen-bond donors (Lipinski definition) is 1. The van der Waals surface area contributed by atoms with Crippen LogP contribution in [0.25, 0.3) is 0 Å². The molecule has 1 N–H and O–H groups in total. The van der Waals surface area contributed by atoms with Crippen LogP contribution < -0.4 is 5.32 Å². The van der Waals surface area contributed by atoms with Crippen LogP contribution in [0, 0.1) is 5.92 Å². The smallest absolute Gasteiger partial charge is 0.244 e. The van der Waals surface area contributed by atoms with Crippen molar-refractivity contribution in [2.75, 3.05) is 13.1 Å². The number of rotatable bonds is 8. The Hall–Kier alpha value is -0.850. The van der Waals surface area contributed by atoms with Crippen molar-refractivity contribution in [2.45, 2.75) is 52.1 Å². The van der Waals surface area contributed by atoms with Crippen molar-refractivity contribution in [1.29, 1.82) is 0 Å². The Morgan fingerprint density at radius 3 is 2.38 bits per heavy atom. The van der Waals surface area contributed by atoms with Gasteiger partial charge in [0, 0.05) is 44.6 Å². The van der Waals surface area contributed by atoms with E-state index in [2.05, 4.69) is 19.2 Å². The summed E-state index contributed by atoms with van der Waals surface area (Å²) in [7, 11) is -1.52. The van der Waals surface area contributed by atoms with E-state index in [4.69, 9.17) is 0 Å². The molecule has 0 aliphatic rings. The van der Waals surface area contributed by atoms with Crippen LogP contribution in [-0.2, 0) is 23.6 Å². The SMILES string of the molecule is CCN(CC(C)C)S(=O)(=O)c1cc(CNC(C)C)n(C)c1. The van der Waals surface area contributed by atoms with Gasteiger partial charge in [0.2, 0.25) is 10.0 Å². The quantitative estimate of drug-likeness (QED) is 0.800. The average Bonchev–Trinajstić information content (AvgIpc) is 2.75. The first kappa shape index (κ1) is 18.2. The summed E-state index contributed by atoms with van der Waals surface area (Å²) in [6.07, 6.45) is 1.70. The summed E-state index contributed by atoms with van der Waals surface area (Å²) >= 11 is 0. The lowest BCUT2D eigenvalue weighted by atomic mass is 10.2. The van der Waals surface area contributed by atoms with Gasteiger partial charge in [-0.2, -0.15) is 4.31 Å². The molecule has 0 saturated heterocycles. The van der Waals surface area contributed by atoms with Crippen LogP contribution >= 0.6 is 0 Å². The number of hydrogen-bond acceptors (Lipinski definition) is 3. The maximum Gasteiger partial charge on any atom is 0.244 e. The molecule has 1 aromatic rings. The molecule has 1 aromatic heterocycles. The van der Waals surface area contributed by atoms with Gasteiger partial charge in [-0.15, -0.1) is 0 Å². The van der Waals surface area contributed by atoms with E-state index in [1.54, 1.807) is 16.6 Å². The molecule has 0 unspecified atom stereocenters. The first-order valence-corrected chi connectivity index (χ1v) is 9.01. The van der Waals surface area contributed by atoms with Crippen LogP contribution in [0.15, 0.2) is 17.2 Å². The third-order valence-corrected chi connectivity index (χ3v) is 5.24. The minimum Gasteiger partial charge on any atom is -0.352 e. The maximum absolute atomic E-state index is 12.7. The Bertz CT molecular complexity index is 547. The van der Waals surface area contributed by atoms with Crippen LogP contribution in [-0.4, -0.2) is 36.4 Å². The summed E-state index contributed by atoms with van der Waals surface area (Å²) in [5.74, 6) is 0.311. The van der Waals surface area contributed by atoms with Gasteiger partial charge in [-0.3, -0.25) is 0 Å². The summed E-state index contributed by atoms with van der Waals surface area (Å²) in [5, 5.41) is 3.31. The topological polar surface area (TPSA) is 54.3 Å². The monoisotopic (exact) mass is 315 g/mol. The van der Waals surface area contributed by atoms with Gasteiger partial charge in [0.05, 0.1) is 0 Å². The number of nitrogens with zero attached hydrogens (tertiary/aromatic N) is 2. The lowest BCUT2D eigenvalue weighted by Crippen LogP contribution is -2.33. The molecule has 0 amide bonds. The van der Waals surface area contributed by atoms with Crippen LogP contribution in [0.1, 0.15) is 40.3 Å². The molecule has 5 nitrogen and oxygen atoms in total. The lowest BCUT2D eigenvalue weighted by Gasteiger charge is -2.21. The van der Waals surface area contributed by atoms with Gasteiger partial charge in [-0.25, -0.2) is 8.42 Å². The first-order chi connectivity index (χ1) is 9.68. The fourth-order valence-electron chi connectivity index (χ4n) is 2.16. The molecule has 0 bridgehead atoms. The van der Waals surface area contributed by atoms with Crippen molar-refractivity contribution >= 4 is 10.0 Å². The summed E-state index contributed by atoms with van der Waals surface area (Å²) < 4.78 is 28.8. The molecular weight excluding hydrogens is 286 g/mol. The van der Waals surface area contributed by atoms with Crippen molar-refractivity contribution in [1.82, 2.24) is 14.2 Å². The number of sulfonamides is 1. The molecule has 6 heteroatoms. The first-order valence-electron chi connectivity index (χ1n) is 7.57. The average molecular weight is 315 g/mol. The third-order valence-electron chi connectivity index (χ3n) is 3.33. The highest BCUT2D eigenvalue weighted by Crippen LogP contribution is 2.19. The highest BCUT2D eigenvalue weighted by atomic mass is 32.2. The normalized spacial score (nSPS) is 12.8. The zero-order chi connectivity index (χ0) is 16.2. The Morgan fingerprint density at radius 2 is 1.90 bits per heavy atom. The van der Waals surface area contributed by atoms with E-state index in [0.717, 1.165) is 5.69 Å². The molecule has 21 heavy (non-hydrogen) atoms. The summed E-state index contributed by atoms with van der Waals surface area (Å²) in [6.45, 7) is 11.8. The van der Waals surface area contributed by atoms with E-state index in [1.807, 2.05) is 32.4 Å². The number of nitrogens with one attached hydrogen (secondary N) is 1. The van der Waals surface area contributed by atoms with Crippen molar-refractivity contribution < 1.29 is 8.42 Å². The summed E-state index contributed by atoms with van der Waals surface area (Å²) in [4.78, 5) is 0.382. The molecule has 0 aliphatic carbocycles. The zero-order valence-corrected chi connectivity index (χ0v) is 14.9. The zero-order valence-electron chi connectivity index (χ0n) is 14.0. The predicted octanol–water partition coefficient (Wildman–Crippen LogP) is 2.19. The molecule has 0 aliphatic heterocycles. The van der Waals surface area contributed by atoms with Crippen molar-refractivity contribution in [3.63, 3.8) is 0 Å². The second kappa shape index (κ2) is 7.42. The van der Waals surface area contributed by atoms with E-state index in [9.17, 15) is 8.42 Å². The number of aryl methyl sites for hydroxylation is 1. The van der Waals surface area contributed by atoms with E-state index in [0.29, 0.717) is 36.5 Å². The van der Waals surface area contributed by atoms with E-state index in [1.165, 1.54) is 0 Å². The molecule has 0 spiro atoms. The van der Waals surface area contributed by atoms with Crippen molar-refractivity contribution in [3.8, 4) is 0 Å². The minimum absolute atomic E-state index is 0.311. The van der Waals surface area contributed by atoms with Crippen LogP contribution in [0.5, 0.6) is 0 Å². The van der Waals surface area contributed by atoms with Crippen molar-refractivity contribution in [2.24, 2.45) is 13.0 Å². The summed E-state index contributed by atoms with van der Waals surface area (Å²) in [5.41, 5.74) is 0.975. The van der Waals surface area contributed by atoms with Crippen LogP contribution in [0.2, 0.25) is 0 Å². The van der Waals surface area contributed by atoms with Gasteiger partial charge in [0.1, 0.15) is 4.90 Å². The number of aromatic nitrogens is 1. The van der Waals surface area contributed by atoms with Gasteiger partial charge in [-0.05, 0) is 12.0 Å². The third kappa shape index (κ3) is 4.83. The van der Waals surface area contributed by atoms with Crippen molar-refractivity contribution in [3.05, 3.63) is 18.0 Å². The van der Waals surface area contributed by atoms with Gasteiger partial charge in [-0.1, -0.05) is 34.6 Å². The Balaban J connectivity index is 3.00. The standard InChI is InChI=1S/C15H29N3O2S/c1-7-18(10-12(2)3)21(19,20)15-8-14(17(6)11-15)9-16-13(4)5/h8,11-13,16H,7,9-10H2,1-6H3. The molecule has 1 heterocycles. The molecule has 0 saturated carbocycles. The molecular formula is C15H29N3O2S. The van der Waals surface area contributed by atoms with Gasteiger partial charge in [0.15, 0.2) is 0 Å². The Labute approximate surface area is 129 Å². The van der Waals surface area contributed by atoms with E-state index >= 15 is 0 Å². The second-order valence-corrected chi connectivity index (χ2v) is 8.10. The molecule has 0 fully saturated rings. The van der Waals surface area contributed by atoms with Gasteiger partial charge in [0.25, 0.3) is 0 Å². The van der Waals surface area contributed by atoms with Gasteiger partial charge < -0.3 is 9.88 Å². The maximum atomic E-state index is 12.7. The molecule has 0 radical (unpaired) electrons. The molecule has 0 atom stereocenters. The molecule has 0 aromatic carbocycles. The summed E-state index contributed by atoms with van der Waals surface area (Å²) in [6, 6.07) is 2.14. The Morgan fingerprint density at radius 1 is 1.29 bits per heavy atom. The van der Waals surface area contributed by atoms with E-state index < -0.39 is 10.0 Å². The molecule has 122 valence electrons. The largest absolute Gasteiger partial charge is 0.352 e. The predicted molar refractivity (Wildman–Crippen MR) is 86.7 cm³/mol. The lowest BCUT2D eigenvalue weighted by molar-refractivity contribution is 0.381. The highest BCUT2D eigenvalue weighted by Gasteiger charge is 2.25. The highest BCUT2D eigenvalue weighted by molar-refractivity contribution is 7.89. The minimum atomic E-state index is -3.40. The second-order valence-electron chi connectivity index (χ2n) is 6.16.